The molecule has 2 heterocycles. The molecule has 1 aromatic heterocycles. The molecule has 0 unspecified atom stereocenters. The molecule has 71 valence electrons. The molecule has 0 spiro atoms. The number of alkyl halides is 3. The van der Waals surface area contributed by atoms with Gasteiger partial charge in [0.25, 0.3) is 0 Å². The van der Waals surface area contributed by atoms with E-state index in [1.807, 2.05) is 0 Å². The molecular weight excluding hydrogens is 201 g/mol. The summed E-state index contributed by atoms with van der Waals surface area (Å²) in [5, 5.41) is 3.25. The van der Waals surface area contributed by atoms with Crippen molar-refractivity contribution in [2.45, 2.75) is 19.1 Å². The summed E-state index contributed by atoms with van der Waals surface area (Å²) in [6.07, 6.45) is -3.70. The molecule has 0 fully saturated rings. The molecule has 6 heteroatoms. The standard InChI is InChI=1S/C7H6F3N2S/c8-7(9,10)6-12-4-3-11-2-1-5(4)13-6/h1-3H2. The first-order valence-electron chi connectivity index (χ1n) is 3.76. The molecule has 0 aromatic carbocycles. The summed E-state index contributed by atoms with van der Waals surface area (Å²) in [5.41, 5.74) is 0.503. The van der Waals surface area contributed by atoms with Gasteiger partial charge in [-0.15, -0.1) is 11.3 Å². The number of aromatic nitrogens is 1. The van der Waals surface area contributed by atoms with Crippen LogP contribution in [0.15, 0.2) is 0 Å². The van der Waals surface area contributed by atoms with Crippen LogP contribution >= 0.6 is 11.3 Å². The lowest BCUT2D eigenvalue weighted by atomic mass is 10.2. The van der Waals surface area contributed by atoms with E-state index < -0.39 is 11.2 Å². The van der Waals surface area contributed by atoms with E-state index in [2.05, 4.69) is 10.3 Å². The second-order valence-corrected chi connectivity index (χ2v) is 3.83. The lowest BCUT2D eigenvalue weighted by Crippen LogP contribution is -2.16. The molecule has 0 saturated carbocycles. The van der Waals surface area contributed by atoms with Crippen molar-refractivity contribution in [3.05, 3.63) is 15.6 Å². The van der Waals surface area contributed by atoms with E-state index in [4.69, 9.17) is 0 Å². The molecule has 0 bridgehead atoms. The van der Waals surface area contributed by atoms with Crippen LogP contribution in [0.4, 0.5) is 13.2 Å². The lowest BCUT2D eigenvalue weighted by molar-refractivity contribution is -0.137. The van der Waals surface area contributed by atoms with Gasteiger partial charge < -0.3 is 0 Å². The van der Waals surface area contributed by atoms with Gasteiger partial charge in [0.1, 0.15) is 0 Å². The topological polar surface area (TPSA) is 27.0 Å². The van der Waals surface area contributed by atoms with Gasteiger partial charge in [0, 0.05) is 11.4 Å². The molecule has 1 radical (unpaired) electrons. The lowest BCUT2D eigenvalue weighted by Gasteiger charge is -2.07. The van der Waals surface area contributed by atoms with E-state index in [0.717, 1.165) is 16.2 Å². The molecule has 0 saturated heterocycles. The summed E-state index contributed by atoms with van der Waals surface area (Å²) < 4.78 is 36.6. The van der Waals surface area contributed by atoms with Crippen LogP contribution in [0.5, 0.6) is 0 Å². The molecule has 1 aliphatic rings. The van der Waals surface area contributed by atoms with Crippen LogP contribution in [0.2, 0.25) is 0 Å². The Balaban J connectivity index is 2.36. The van der Waals surface area contributed by atoms with Gasteiger partial charge in [0.2, 0.25) is 0 Å². The van der Waals surface area contributed by atoms with Gasteiger partial charge in [-0.1, -0.05) is 0 Å². The Hall–Kier alpha value is -0.620. The minimum Gasteiger partial charge on any atom is -0.235 e. The number of thiazole rings is 1. The zero-order chi connectivity index (χ0) is 9.47. The summed E-state index contributed by atoms with van der Waals surface area (Å²) in [4.78, 5) is 4.26. The quantitative estimate of drug-likeness (QED) is 0.637. The third-order valence-electron chi connectivity index (χ3n) is 1.78. The fourth-order valence-corrected chi connectivity index (χ4v) is 2.12. The molecule has 0 N–H and O–H groups in total. The van der Waals surface area contributed by atoms with Crippen molar-refractivity contribution in [3.63, 3.8) is 0 Å². The van der Waals surface area contributed by atoms with Crippen molar-refractivity contribution in [1.29, 1.82) is 0 Å². The fourth-order valence-electron chi connectivity index (χ4n) is 1.19. The Morgan fingerprint density at radius 1 is 1.31 bits per heavy atom. The second-order valence-electron chi connectivity index (χ2n) is 2.74. The molecule has 13 heavy (non-hydrogen) atoms. The number of halogens is 3. The van der Waals surface area contributed by atoms with E-state index in [-0.39, 0.29) is 0 Å². The van der Waals surface area contributed by atoms with Crippen LogP contribution in [-0.4, -0.2) is 11.5 Å². The number of fused-ring (bicyclic) bond motifs is 1. The Morgan fingerprint density at radius 3 is 2.69 bits per heavy atom. The highest BCUT2D eigenvalue weighted by atomic mass is 32.1. The van der Waals surface area contributed by atoms with Crippen LogP contribution < -0.4 is 5.32 Å². The molecule has 1 aromatic rings. The van der Waals surface area contributed by atoms with E-state index in [1.165, 1.54) is 0 Å². The van der Waals surface area contributed by atoms with E-state index >= 15 is 0 Å². The number of hydrogen-bond donors (Lipinski definition) is 0. The maximum Gasteiger partial charge on any atom is 0.443 e. The maximum atomic E-state index is 12.2. The normalized spacial score (nSPS) is 17.2. The van der Waals surface area contributed by atoms with E-state index in [0.29, 0.717) is 25.2 Å². The first-order chi connectivity index (χ1) is 6.07. The fraction of sp³-hybridized carbons (Fsp3) is 0.571. The highest BCUT2D eigenvalue weighted by Crippen LogP contribution is 2.35. The summed E-state index contributed by atoms with van der Waals surface area (Å²) in [5.74, 6) is 0. The van der Waals surface area contributed by atoms with Crippen molar-refractivity contribution in [3.8, 4) is 0 Å². The number of hydrogen-bond acceptors (Lipinski definition) is 2. The first-order valence-corrected chi connectivity index (χ1v) is 4.58. The third-order valence-corrected chi connectivity index (χ3v) is 2.98. The zero-order valence-corrected chi connectivity index (χ0v) is 7.37. The predicted octanol–water partition coefficient (Wildman–Crippen LogP) is 1.82. The predicted molar refractivity (Wildman–Crippen MR) is 41.5 cm³/mol. The number of nitrogens with zero attached hydrogens (tertiary/aromatic N) is 2. The SMILES string of the molecule is FC(F)(F)c1nc2c(s1)CC[N]C2. The highest BCUT2D eigenvalue weighted by Gasteiger charge is 2.36. The van der Waals surface area contributed by atoms with Crippen LogP contribution in [0.3, 0.4) is 0 Å². The van der Waals surface area contributed by atoms with Gasteiger partial charge >= 0.3 is 6.18 Å². The summed E-state index contributed by atoms with van der Waals surface area (Å²) >= 11 is 0.746. The Bertz CT molecular complexity index is 295. The highest BCUT2D eigenvalue weighted by molar-refractivity contribution is 7.11. The molecular formula is C7H6F3N2S. The van der Waals surface area contributed by atoms with Gasteiger partial charge in [-0.3, -0.25) is 0 Å². The number of rotatable bonds is 0. The smallest absolute Gasteiger partial charge is 0.235 e. The van der Waals surface area contributed by atoms with Gasteiger partial charge in [-0.05, 0) is 6.42 Å². The molecule has 2 nitrogen and oxygen atoms in total. The van der Waals surface area contributed by atoms with Gasteiger partial charge in [-0.2, -0.15) is 13.2 Å². The van der Waals surface area contributed by atoms with Crippen LogP contribution in [0, 0.1) is 0 Å². The molecule has 0 atom stereocenters. The van der Waals surface area contributed by atoms with Crippen LogP contribution in [0.25, 0.3) is 0 Å². The Kier molecular flexibility index (Phi) is 2.03. The molecule has 1 aliphatic heterocycles. The maximum absolute atomic E-state index is 12.2. The van der Waals surface area contributed by atoms with E-state index in [9.17, 15) is 13.2 Å². The first kappa shape index (κ1) is 8.96. The monoisotopic (exact) mass is 207 g/mol. The van der Waals surface area contributed by atoms with Crippen LogP contribution in [0.1, 0.15) is 15.6 Å². The van der Waals surface area contributed by atoms with Crippen molar-refractivity contribution in [1.82, 2.24) is 10.3 Å². The van der Waals surface area contributed by atoms with Gasteiger partial charge in [0.05, 0.1) is 12.2 Å². The Labute approximate surface area is 76.8 Å². The molecule has 0 amide bonds. The van der Waals surface area contributed by atoms with Gasteiger partial charge in [-0.25, -0.2) is 10.3 Å². The second kappa shape index (κ2) is 2.95. The van der Waals surface area contributed by atoms with E-state index in [1.54, 1.807) is 0 Å². The zero-order valence-electron chi connectivity index (χ0n) is 6.56. The van der Waals surface area contributed by atoms with Crippen molar-refractivity contribution >= 4 is 11.3 Å². The summed E-state index contributed by atoms with van der Waals surface area (Å²) in [6.45, 7) is 0.953. The van der Waals surface area contributed by atoms with Gasteiger partial charge in [0.15, 0.2) is 5.01 Å². The van der Waals surface area contributed by atoms with Crippen LogP contribution in [-0.2, 0) is 19.1 Å². The van der Waals surface area contributed by atoms with Crippen molar-refractivity contribution in [2.24, 2.45) is 0 Å². The average molecular weight is 207 g/mol. The minimum absolute atomic E-state index is 0.335. The molecule has 0 aliphatic carbocycles. The summed E-state index contributed by atoms with van der Waals surface area (Å²) in [6, 6.07) is 0. The minimum atomic E-state index is -4.30. The third kappa shape index (κ3) is 1.68. The summed E-state index contributed by atoms with van der Waals surface area (Å²) in [7, 11) is 0. The molecule has 2 rings (SSSR count). The van der Waals surface area contributed by atoms with Crippen molar-refractivity contribution in [2.75, 3.05) is 6.54 Å². The average Bonchev–Trinajstić information content (AvgIpc) is 2.45. The largest absolute Gasteiger partial charge is 0.443 e. The van der Waals surface area contributed by atoms with Crippen molar-refractivity contribution < 1.29 is 13.2 Å². The Morgan fingerprint density at radius 2 is 2.08 bits per heavy atom.